The standard InChI is InChI=1S/C23H28N2O5S/c1-16-8-13-20-21(14-16)30-22(23(26)24-17-6-4-3-5-7-17)15-25(20)31(27,28)19-11-9-18(29-2)10-12-19/h8-14,17,22H,3-7,15H2,1-2H3,(H,24,26). The molecule has 1 heterocycles. The summed E-state index contributed by atoms with van der Waals surface area (Å²) in [6.45, 7) is 1.82. The number of sulfonamides is 1. The van der Waals surface area contributed by atoms with Crippen molar-refractivity contribution in [3.63, 3.8) is 0 Å². The number of nitrogens with zero attached hydrogens (tertiary/aromatic N) is 1. The molecule has 1 saturated carbocycles. The van der Waals surface area contributed by atoms with Crippen LogP contribution in [0.15, 0.2) is 47.4 Å². The molecule has 0 aromatic heterocycles. The molecule has 0 saturated heterocycles. The molecule has 1 N–H and O–H groups in total. The second kappa shape index (κ2) is 8.78. The SMILES string of the molecule is COc1ccc(S(=O)(=O)N2CC(C(=O)NC3CCCCC3)Oc3cc(C)ccc32)cc1. The van der Waals surface area contributed by atoms with Gasteiger partial charge in [-0.1, -0.05) is 25.3 Å². The van der Waals surface area contributed by atoms with Gasteiger partial charge in [-0.3, -0.25) is 9.10 Å². The number of aryl methyl sites for hydroxylation is 1. The normalized spacial score (nSPS) is 19.3. The molecule has 7 nitrogen and oxygen atoms in total. The molecule has 166 valence electrons. The van der Waals surface area contributed by atoms with Crippen LogP contribution in [0.25, 0.3) is 0 Å². The van der Waals surface area contributed by atoms with Gasteiger partial charge in [0.25, 0.3) is 15.9 Å². The van der Waals surface area contributed by atoms with Gasteiger partial charge < -0.3 is 14.8 Å². The van der Waals surface area contributed by atoms with Gasteiger partial charge in [-0.05, 0) is 61.7 Å². The number of benzene rings is 2. The zero-order chi connectivity index (χ0) is 22.0. The van der Waals surface area contributed by atoms with E-state index in [-0.39, 0.29) is 23.4 Å². The third-order valence-electron chi connectivity index (χ3n) is 5.88. The summed E-state index contributed by atoms with van der Waals surface area (Å²) in [5.74, 6) is 0.697. The van der Waals surface area contributed by atoms with E-state index in [1.807, 2.05) is 13.0 Å². The summed E-state index contributed by atoms with van der Waals surface area (Å²) < 4.78 is 39.4. The summed E-state index contributed by atoms with van der Waals surface area (Å²) in [5, 5.41) is 3.06. The molecule has 8 heteroatoms. The summed E-state index contributed by atoms with van der Waals surface area (Å²) in [5.41, 5.74) is 1.36. The van der Waals surface area contributed by atoms with E-state index < -0.39 is 16.1 Å². The van der Waals surface area contributed by atoms with E-state index in [2.05, 4.69) is 5.32 Å². The summed E-state index contributed by atoms with van der Waals surface area (Å²) >= 11 is 0. The van der Waals surface area contributed by atoms with E-state index in [0.717, 1.165) is 31.2 Å². The number of carbonyl (C=O) groups excluding carboxylic acids is 1. The lowest BCUT2D eigenvalue weighted by Crippen LogP contribution is -2.52. The van der Waals surface area contributed by atoms with Crippen LogP contribution in [0.1, 0.15) is 37.7 Å². The number of carbonyl (C=O) groups is 1. The zero-order valence-corrected chi connectivity index (χ0v) is 18.7. The van der Waals surface area contributed by atoms with Crippen LogP contribution in [-0.2, 0) is 14.8 Å². The van der Waals surface area contributed by atoms with Crippen molar-refractivity contribution in [2.24, 2.45) is 0 Å². The average Bonchev–Trinajstić information content (AvgIpc) is 2.78. The largest absolute Gasteiger partial charge is 0.497 e. The van der Waals surface area contributed by atoms with Gasteiger partial charge in [0.15, 0.2) is 6.10 Å². The third-order valence-corrected chi connectivity index (χ3v) is 7.67. The molecular formula is C23H28N2O5S. The van der Waals surface area contributed by atoms with Crippen molar-refractivity contribution >= 4 is 21.6 Å². The first kappa shape index (κ1) is 21.5. The van der Waals surface area contributed by atoms with Gasteiger partial charge in [-0.15, -0.1) is 0 Å². The fraction of sp³-hybridized carbons (Fsp3) is 0.435. The minimum atomic E-state index is -3.90. The molecule has 31 heavy (non-hydrogen) atoms. The smallest absolute Gasteiger partial charge is 0.264 e. The lowest BCUT2D eigenvalue weighted by molar-refractivity contribution is -0.128. The predicted octanol–water partition coefficient (Wildman–Crippen LogP) is 3.41. The molecule has 1 aliphatic heterocycles. The van der Waals surface area contributed by atoms with Gasteiger partial charge in [-0.25, -0.2) is 8.42 Å². The summed E-state index contributed by atoms with van der Waals surface area (Å²) in [4.78, 5) is 13.1. The molecule has 0 bridgehead atoms. The lowest BCUT2D eigenvalue weighted by Gasteiger charge is -2.35. The van der Waals surface area contributed by atoms with Crippen molar-refractivity contribution in [3.8, 4) is 11.5 Å². The molecule has 2 aromatic carbocycles. The number of amides is 1. The van der Waals surface area contributed by atoms with Gasteiger partial charge in [0.1, 0.15) is 11.5 Å². The Morgan fingerprint density at radius 1 is 1.10 bits per heavy atom. The van der Waals surface area contributed by atoms with E-state index in [4.69, 9.17) is 9.47 Å². The van der Waals surface area contributed by atoms with Gasteiger partial charge in [0, 0.05) is 6.04 Å². The highest BCUT2D eigenvalue weighted by molar-refractivity contribution is 7.92. The van der Waals surface area contributed by atoms with Crippen LogP contribution in [0.2, 0.25) is 0 Å². The van der Waals surface area contributed by atoms with Crippen LogP contribution in [0.4, 0.5) is 5.69 Å². The number of fused-ring (bicyclic) bond motifs is 1. The maximum absolute atomic E-state index is 13.5. The molecule has 0 spiro atoms. The van der Waals surface area contributed by atoms with Crippen LogP contribution in [0.3, 0.4) is 0 Å². The predicted molar refractivity (Wildman–Crippen MR) is 118 cm³/mol. The Hall–Kier alpha value is -2.74. The van der Waals surface area contributed by atoms with E-state index in [0.29, 0.717) is 17.2 Å². The molecular weight excluding hydrogens is 416 g/mol. The maximum atomic E-state index is 13.5. The van der Waals surface area contributed by atoms with Crippen molar-refractivity contribution in [2.45, 2.75) is 56.1 Å². The van der Waals surface area contributed by atoms with Crippen LogP contribution in [0.5, 0.6) is 11.5 Å². The summed E-state index contributed by atoms with van der Waals surface area (Å²) in [6.07, 6.45) is 4.35. The van der Waals surface area contributed by atoms with Crippen molar-refractivity contribution in [3.05, 3.63) is 48.0 Å². The molecule has 1 amide bonds. The van der Waals surface area contributed by atoms with Crippen molar-refractivity contribution in [2.75, 3.05) is 18.0 Å². The summed E-state index contributed by atoms with van der Waals surface area (Å²) in [7, 11) is -2.37. The molecule has 1 unspecified atom stereocenters. The van der Waals surface area contributed by atoms with Gasteiger partial charge in [0.2, 0.25) is 0 Å². The minimum Gasteiger partial charge on any atom is -0.497 e. The van der Waals surface area contributed by atoms with Crippen molar-refractivity contribution in [1.29, 1.82) is 0 Å². The second-order valence-corrected chi connectivity index (χ2v) is 10.00. The molecule has 4 rings (SSSR count). The lowest BCUT2D eigenvalue weighted by atomic mass is 9.95. The Bertz CT molecular complexity index is 1050. The number of nitrogens with one attached hydrogen (secondary N) is 1. The highest BCUT2D eigenvalue weighted by atomic mass is 32.2. The number of methoxy groups -OCH3 is 1. The van der Waals surface area contributed by atoms with E-state index >= 15 is 0 Å². The molecule has 1 aliphatic carbocycles. The Labute approximate surface area is 183 Å². The number of ether oxygens (including phenoxy) is 2. The zero-order valence-electron chi connectivity index (χ0n) is 17.8. The number of anilines is 1. The van der Waals surface area contributed by atoms with Crippen molar-refractivity contribution in [1.82, 2.24) is 5.32 Å². The third kappa shape index (κ3) is 4.49. The van der Waals surface area contributed by atoms with Crippen LogP contribution in [-0.4, -0.2) is 40.1 Å². The molecule has 2 aliphatic rings. The molecule has 2 aromatic rings. The second-order valence-electron chi connectivity index (χ2n) is 8.13. The molecule has 0 radical (unpaired) electrons. The first-order valence-electron chi connectivity index (χ1n) is 10.6. The van der Waals surface area contributed by atoms with E-state index in [9.17, 15) is 13.2 Å². The fourth-order valence-corrected chi connectivity index (χ4v) is 5.62. The Kier molecular flexibility index (Phi) is 6.09. The van der Waals surface area contributed by atoms with Gasteiger partial charge in [0.05, 0.1) is 24.2 Å². The van der Waals surface area contributed by atoms with Crippen LogP contribution < -0.4 is 19.1 Å². The Morgan fingerprint density at radius 3 is 2.48 bits per heavy atom. The molecule has 1 fully saturated rings. The first-order chi connectivity index (χ1) is 14.9. The maximum Gasteiger partial charge on any atom is 0.264 e. The first-order valence-corrected chi connectivity index (χ1v) is 12.1. The van der Waals surface area contributed by atoms with Crippen molar-refractivity contribution < 1.29 is 22.7 Å². The number of hydrogen-bond acceptors (Lipinski definition) is 5. The van der Waals surface area contributed by atoms with Gasteiger partial charge in [-0.2, -0.15) is 0 Å². The topological polar surface area (TPSA) is 84.9 Å². The molecule has 1 atom stereocenters. The highest BCUT2D eigenvalue weighted by Crippen LogP contribution is 2.38. The van der Waals surface area contributed by atoms with E-state index in [1.165, 1.54) is 30.0 Å². The van der Waals surface area contributed by atoms with Crippen LogP contribution in [0, 0.1) is 6.92 Å². The quantitative estimate of drug-likeness (QED) is 0.764. The number of hydrogen-bond donors (Lipinski definition) is 1. The minimum absolute atomic E-state index is 0.0804. The Morgan fingerprint density at radius 2 is 1.81 bits per heavy atom. The monoisotopic (exact) mass is 444 g/mol. The Balaban J connectivity index is 1.64. The number of rotatable bonds is 5. The summed E-state index contributed by atoms with van der Waals surface area (Å²) in [6, 6.07) is 11.7. The van der Waals surface area contributed by atoms with Crippen LogP contribution >= 0.6 is 0 Å². The van der Waals surface area contributed by atoms with Gasteiger partial charge >= 0.3 is 0 Å². The highest BCUT2D eigenvalue weighted by Gasteiger charge is 2.38. The average molecular weight is 445 g/mol. The van der Waals surface area contributed by atoms with E-state index in [1.54, 1.807) is 24.3 Å². The fourth-order valence-electron chi connectivity index (χ4n) is 4.14.